The molecule has 148 valence electrons. The molecule has 0 radical (unpaired) electrons. The Hall–Kier alpha value is -1.86. The van der Waals surface area contributed by atoms with Gasteiger partial charge in [-0.15, -0.1) is 0 Å². The maximum absolute atomic E-state index is 11.9. The largest absolute Gasteiger partial charge is 0.461 e. The number of benzene rings is 1. The number of hydrogen-bond acceptors (Lipinski definition) is 6. The quantitative estimate of drug-likeness (QED) is 0.378. The standard InChI is InChI=1S/C20H25ClO6/c1-2-3-4-5-9-18(22)27-17-13-20(24)26-16(17)10-11-19(23)25-15-8-6-7-14(21)12-15/h3-4,6-8,10-12,16-17,19-20,23-24H,2,5,9,13H2,1H3/b4-3+,11-10+/t16-,17?,19?,20-/m1/s1. The first-order chi connectivity index (χ1) is 13.0. The molecule has 2 N–H and O–H groups in total. The monoisotopic (exact) mass is 396 g/mol. The van der Waals surface area contributed by atoms with Gasteiger partial charge in [0.2, 0.25) is 6.29 Å². The average molecular weight is 397 g/mol. The van der Waals surface area contributed by atoms with Gasteiger partial charge in [0.05, 0.1) is 0 Å². The predicted octanol–water partition coefficient (Wildman–Crippen LogP) is 3.36. The molecule has 4 atom stereocenters. The lowest BCUT2D eigenvalue weighted by atomic mass is 10.1. The van der Waals surface area contributed by atoms with Crippen molar-refractivity contribution in [1.82, 2.24) is 0 Å². The molecular formula is C20H25ClO6. The Morgan fingerprint density at radius 3 is 3.00 bits per heavy atom. The summed E-state index contributed by atoms with van der Waals surface area (Å²) in [7, 11) is 0. The van der Waals surface area contributed by atoms with E-state index in [2.05, 4.69) is 0 Å². The van der Waals surface area contributed by atoms with Gasteiger partial charge in [0.25, 0.3) is 0 Å². The average Bonchev–Trinajstić information content (AvgIpc) is 2.96. The fourth-order valence-corrected chi connectivity index (χ4v) is 2.76. The van der Waals surface area contributed by atoms with Crippen molar-refractivity contribution in [3.05, 3.63) is 53.6 Å². The van der Waals surface area contributed by atoms with Crippen molar-refractivity contribution in [3.63, 3.8) is 0 Å². The lowest BCUT2D eigenvalue weighted by Crippen LogP contribution is -2.26. The molecule has 1 fully saturated rings. The number of rotatable bonds is 9. The Morgan fingerprint density at radius 2 is 2.26 bits per heavy atom. The Bertz CT molecular complexity index is 660. The van der Waals surface area contributed by atoms with Gasteiger partial charge in [0, 0.05) is 17.9 Å². The first-order valence-electron chi connectivity index (χ1n) is 8.94. The van der Waals surface area contributed by atoms with Crippen LogP contribution in [0.5, 0.6) is 5.75 Å². The molecule has 1 saturated heterocycles. The summed E-state index contributed by atoms with van der Waals surface area (Å²) in [6, 6.07) is 6.64. The minimum absolute atomic E-state index is 0.177. The molecular weight excluding hydrogens is 372 g/mol. The summed E-state index contributed by atoms with van der Waals surface area (Å²) in [6.45, 7) is 2.02. The lowest BCUT2D eigenvalue weighted by molar-refractivity contribution is -0.150. The van der Waals surface area contributed by atoms with Crippen LogP contribution < -0.4 is 4.74 Å². The van der Waals surface area contributed by atoms with Gasteiger partial charge in [-0.2, -0.15) is 0 Å². The van der Waals surface area contributed by atoms with E-state index in [4.69, 9.17) is 25.8 Å². The van der Waals surface area contributed by atoms with Gasteiger partial charge in [-0.1, -0.05) is 36.7 Å². The molecule has 0 bridgehead atoms. The molecule has 7 heteroatoms. The molecule has 0 amide bonds. The van der Waals surface area contributed by atoms with Crippen molar-refractivity contribution in [3.8, 4) is 5.75 Å². The highest BCUT2D eigenvalue weighted by Crippen LogP contribution is 2.24. The molecule has 1 heterocycles. The van der Waals surface area contributed by atoms with Gasteiger partial charge in [-0.3, -0.25) is 4.79 Å². The Kier molecular flexibility index (Phi) is 8.81. The molecule has 1 aromatic carbocycles. The van der Waals surface area contributed by atoms with Gasteiger partial charge in [0.15, 0.2) is 6.29 Å². The van der Waals surface area contributed by atoms with Gasteiger partial charge >= 0.3 is 5.97 Å². The number of esters is 1. The topological polar surface area (TPSA) is 85.2 Å². The molecule has 2 unspecified atom stereocenters. The molecule has 1 aliphatic heterocycles. The van der Waals surface area contributed by atoms with Crippen LogP contribution in [-0.2, 0) is 14.3 Å². The zero-order valence-electron chi connectivity index (χ0n) is 15.2. The zero-order chi connectivity index (χ0) is 19.6. The second-order valence-electron chi connectivity index (χ2n) is 6.09. The Morgan fingerprint density at radius 1 is 1.44 bits per heavy atom. The number of ether oxygens (including phenoxy) is 3. The van der Waals surface area contributed by atoms with E-state index in [1.165, 1.54) is 12.2 Å². The van der Waals surface area contributed by atoms with Crippen LogP contribution in [0, 0.1) is 0 Å². The number of allylic oxidation sites excluding steroid dienone is 2. The normalized spacial score (nSPS) is 23.8. The number of aliphatic hydroxyl groups excluding tert-OH is 2. The molecule has 0 aromatic heterocycles. The fourth-order valence-electron chi connectivity index (χ4n) is 2.58. The number of halogens is 1. The molecule has 1 aliphatic rings. The summed E-state index contributed by atoms with van der Waals surface area (Å²) < 4.78 is 16.0. The maximum Gasteiger partial charge on any atom is 0.306 e. The van der Waals surface area contributed by atoms with E-state index in [-0.39, 0.29) is 18.8 Å². The molecule has 0 saturated carbocycles. The predicted molar refractivity (Wildman–Crippen MR) is 101 cm³/mol. The van der Waals surface area contributed by atoms with Crippen molar-refractivity contribution in [2.45, 2.75) is 57.4 Å². The van der Waals surface area contributed by atoms with Crippen molar-refractivity contribution in [2.24, 2.45) is 0 Å². The lowest BCUT2D eigenvalue weighted by Gasteiger charge is -2.16. The van der Waals surface area contributed by atoms with E-state index in [0.717, 1.165) is 6.42 Å². The second kappa shape index (κ2) is 11.1. The third-order valence-electron chi connectivity index (χ3n) is 3.83. The van der Waals surface area contributed by atoms with E-state index in [0.29, 0.717) is 17.2 Å². The SMILES string of the molecule is CC/C=C/CCC(=O)OC1C[C@H](O)O[C@@H]1/C=C/C(O)Oc1cccc(Cl)c1. The minimum atomic E-state index is -1.24. The fraction of sp³-hybridized carbons (Fsp3) is 0.450. The molecule has 1 aromatic rings. The van der Waals surface area contributed by atoms with Crippen molar-refractivity contribution in [1.29, 1.82) is 0 Å². The van der Waals surface area contributed by atoms with E-state index < -0.39 is 24.8 Å². The number of carbonyl (C=O) groups is 1. The molecule has 0 aliphatic carbocycles. The summed E-state index contributed by atoms with van der Waals surface area (Å²) in [5.41, 5.74) is 0. The second-order valence-corrected chi connectivity index (χ2v) is 6.52. The third kappa shape index (κ3) is 7.72. The van der Waals surface area contributed by atoms with Crippen molar-refractivity contribution >= 4 is 17.6 Å². The van der Waals surface area contributed by atoms with Gasteiger partial charge in [-0.05, 0) is 43.2 Å². The van der Waals surface area contributed by atoms with Crippen LogP contribution in [0.1, 0.15) is 32.6 Å². The number of carbonyl (C=O) groups excluding carboxylic acids is 1. The first-order valence-corrected chi connectivity index (χ1v) is 9.32. The van der Waals surface area contributed by atoms with Crippen molar-refractivity contribution in [2.75, 3.05) is 0 Å². The zero-order valence-corrected chi connectivity index (χ0v) is 15.9. The van der Waals surface area contributed by atoms with Gasteiger partial charge < -0.3 is 24.4 Å². The third-order valence-corrected chi connectivity index (χ3v) is 4.07. The number of aliphatic hydroxyl groups is 2. The highest BCUT2D eigenvalue weighted by atomic mass is 35.5. The van der Waals surface area contributed by atoms with Crippen LogP contribution in [0.4, 0.5) is 0 Å². The van der Waals surface area contributed by atoms with E-state index in [1.807, 2.05) is 19.1 Å². The minimum Gasteiger partial charge on any atom is -0.461 e. The first kappa shape index (κ1) is 21.4. The van der Waals surface area contributed by atoms with E-state index >= 15 is 0 Å². The number of hydrogen-bond donors (Lipinski definition) is 2. The Balaban J connectivity index is 1.86. The molecule has 0 spiro atoms. The highest BCUT2D eigenvalue weighted by Gasteiger charge is 2.35. The van der Waals surface area contributed by atoms with Crippen LogP contribution in [0.2, 0.25) is 5.02 Å². The highest BCUT2D eigenvalue weighted by molar-refractivity contribution is 6.30. The van der Waals surface area contributed by atoms with E-state index in [9.17, 15) is 15.0 Å². The van der Waals surface area contributed by atoms with Gasteiger partial charge in [0.1, 0.15) is 18.0 Å². The Labute approximate surface area is 164 Å². The van der Waals surface area contributed by atoms with Crippen LogP contribution in [-0.4, -0.2) is 41.0 Å². The smallest absolute Gasteiger partial charge is 0.306 e. The molecule has 27 heavy (non-hydrogen) atoms. The summed E-state index contributed by atoms with van der Waals surface area (Å²) in [5.74, 6) is 0.0581. The van der Waals surface area contributed by atoms with Crippen molar-refractivity contribution < 1.29 is 29.2 Å². The summed E-state index contributed by atoms with van der Waals surface area (Å²) in [5, 5.41) is 20.2. The van der Waals surface area contributed by atoms with Crippen LogP contribution >= 0.6 is 11.6 Å². The van der Waals surface area contributed by atoms with Crippen LogP contribution in [0.15, 0.2) is 48.6 Å². The molecule has 6 nitrogen and oxygen atoms in total. The summed E-state index contributed by atoms with van der Waals surface area (Å²) in [4.78, 5) is 11.9. The van der Waals surface area contributed by atoms with Gasteiger partial charge in [-0.25, -0.2) is 0 Å². The summed E-state index contributed by atoms with van der Waals surface area (Å²) in [6.07, 6.45) is 5.24. The maximum atomic E-state index is 11.9. The summed E-state index contributed by atoms with van der Waals surface area (Å²) >= 11 is 5.87. The van der Waals surface area contributed by atoms with E-state index in [1.54, 1.807) is 24.3 Å². The van der Waals surface area contributed by atoms with Crippen LogP contribution in [0.3, 0.4) is 0 Å². The van der Waals surface area contributed by atoms with Crippen LogP contribution in [0.25, 0.3) is 0 Å². The molecule has 2 rings (SSSR count).